The molecule has 1 heterocycles. The zero-order chi connectivity index (χ0) is 21.3. The van der Waals surface area contributed by atoms with Gasteiger partial charge in [-0.25, -0.2) is 9.18 Å². The number of hydrogen-bond acceptors (Lipinski definition) is 3. The van der Waals surface area contributed by atoms with Gasteiger partial charge in [-0.2, -0.15) is 0 Å². The van der Waals surface area contributed by atoms with Gasteiger partial charge in [0, 0.05) is 11.3 Å². The summed E-state index contributed by atoms with van der Waals surface area (Å²) in [7, 11) is 1.53. The second kappa shape index (κ2) is 7.87. The second-order valence-corrected chi connectivity index (χ2v) is 6.91. The van der Waals surface area contributed by atoms with Crippen LogP contribution >= 0.6 is 0 Å². The van der Waals surface area contributed by atoms with Crippen molar-refractivity contribution in [3.63, 3.8) is 0 Å². The number of nitrogens with one attached hydrogen (secondary N) is 3. The molecule has 1 aliphatic heterocycles. The molecule has 3 aromatic rings. The van der Waals surface area contributed by atoms with E-state index in [-0.39, 0.29) is 11.3 Å². The van der Waals surface area contributed by atoms with Crippen molar-refractivity contribution in [3.8, 4) is 5.75 Å². The topological polar surface area (TPSA) is 79.5 Å². The first-order chi connectivity index (χ1) is 14.5. The molecule has 0 spiro atoms. The summed E-state index contributed by atoms with van der Waals surface area (Å²) < 4.78 is 19.6. The molecule has 3 aromatic carbocycles. The van der Waals surface area contributed by atoms with Gasteiger partial charge >= 0.3 is 6.03 Å². The molecule has 0 unspecified atom stereocenters. The minimum atomic E-state index is -0.786. The fourth-order valence-corrected chi connectivity index (χ4v) is 3.71. The third-order valence-corrected chi connectivity index (χ3v) is 5.08. The van der Waals surface area contributed by atoms with Crippen LogP contribution in [0.1, 0.15) is 18.5 Å². The summed E-state index contributed by atoms with van der Waals surface area (Å²) in [5.74, 6) is -0.536. The van der Waals surface area contributed by atoms with Crippen molar-refractivity contribution in [2.45, 2.75) is 13.0 Å². The van der Waals surface area contributed by atoms with Gasteiger partial charge in [0.2, 0.25) is 0 Å². The molecular weight excluding hydrogens is 385 g/mol. The van der Waals surface area contributed by atoms with Crippen molar-refractivity contribution in [1.82, 2.24) is 10.6 Å². The molecule has 0 aliphatic carbocycles. The van der Waals surface area contributed by atoms with E-state index in [9.17, 15) is 14.0 Å². The summed E-state index contributed by atoms with van der Waals surface area (Å²) in [6.45, 7) is 1.64. The Morgan fingerprint density at radius 1 is 1.07 bits per heavy atom. The van der Waals surface area contributed by atoms with E-state index in [1.165, 1.54) is 19.2 Å². The summed E-state index contributed by atoms with van der Waals surface area (Å²) in [6.07, 6.45) is 0. The second-order valence-electron chi connectivity index (χ2n) is 6.91. The van der Waals surface area contributed by atoms with E-state index in [1.54, 1.807) is 25.1 Å². The lowest BCUT2D eigenvalue weighted by Crippen LogP contribution is -2.46. The van der Waals surface area contributed by atoms with Gasteiger partial charge < -0.3 is 20.7 Å². The molecule has 6 nitrogen and oxygen atoms in total. The van der Waals surface area contributed by atoms with Crippen molar-refractivity contribution in [3.05, 3.63) is 83.3 Å². The number of methoxy groups -OCH3 is 1. The molecule has 3 N–H and O–H groups in total. The minimum Gasteiger partial charge on any atom is -0.496 e. The Morgan fingerprint density at radius 2 is 1.80 bits per heavy atom. The molecule has 0 saturated heterocycles. The summed E-state index contributed by atoms with van der Waals surface area (Å²) in [4.78, 5) is 25.5. The SMILES string of the molecule is COc1ccc2ccccc2c1[C@@H]1NC(=O)NC(C)=C1C(=O)Nc1ccccc1F. The number of para-hydroxylation sites is 1. The molecule has 3 amide bonds. The monoisotopic (exact) mass is 405 g/mol. The highest BCUT2D eigenvalue weighted by atomic mass is 19.1. The number of hydrogen-bond donors (Lipinski definition) is 3. The van der Waals surface area contributed by atoms with Crippen LogP contribution in [0.2, 0.25) is 0 Å². The Hall–Kier alpha value is -3.87. The highest BCUT2D eigenvalue weighted by Crippen LogP contribution is 2.38. The third-order valence-electron chi connectivity index (χ3n) is 5.08. The maximum atomic E-state index is 14.1. The van der Waals surface area contributed by atoms with Crippen molar-refractivity contribution in [1.29, 1.82) is 0 Å². The molecule has 4 rings (SSSR count). The summed E-state index contributed by atoms with van der Waals surface area (Å²) in [5.41, 5.74) is 1.37. The van der Waals surface area contributed by atoms with Gasteiger partial charge in [0.1, 0.15) is 11.6 Å². The van der Waals surface area contributed by atoms with E-state index in [0.717, 1.165) is 10.8 Å². The van der Waals surface area contributed by atoms with Crippen LogP contribution in [0, 0.1) is 5.82 Å². The first-order valence-electron chi connectivity index (χ1n) is 9.39. The Balaban J connectivity index is 1.85. The van der Waals surface area contributed by atoms with Gasteiger partial charge in [-0.3, -0.25) is 4.79 Å². The zero-order valence-electron chi connectivity index (χ0n) is 16.5. The summed E-state index contributed by atoms with van der Waals surface area (Å²) >= 11 is 0. The Kier molecular flexibility index (Phi) is 5.10. The van der Waals surface area contributed by atoms with Crippen LogP contribution in [0.15, 0.2) is 71.9 Å². The fourth-order valence-electron chi connectivity index (χ4n) is 3.71. The lowest BCUT2D eigenvalue weighted by molar-refractivity contribution is -0.113. The molecule has 0 aromatic heterocycles. The average molecular weight is 405 g/mol. The largest absolute Gasteiger partial charge is 0.496 e. The van der Waals surface area contributed by atoms with Gasteiger partial charge in [-0.05, 0) is 35.9 Å². The molecule has 1 atom stereocenters. The number of urea groups is 1. The number of carbonyl (C=O) groups is 2. The average Bonchev–Trinajstić information content (AvgIpc) is 2.73. The smallest absolute Gasteiger partial charge is 0.319 e. The van der Waals surface area contributed by atoms with Crippen molar-refractivity contribution >= 4 is 28.4 Å². The quantitative estimate of drug-likeness (QED) is 0.607. The highest BCUT2D eigenvalue weighted by molar-refractivity contribution is 6.07. The van der Waals surface area contributed by atoms with Crippen molar-refractivity contribution in [2.75, 3.05) is 12.4 Å². The summed E-state index contributed by atoms with van der Waals surface area (Å²) in [5, 5.41) is 9.83. The van der Waals surface area contributed by atoms with Crippen LogP contribution in [-0.4, -0.2) is 19.0 Å². The Bertz CT molecular complexity index is 1190. The maximum absolute atomic E-state index is 14.1. The van der Waals surface area contributed by atoms with Gasteiger partial charge in [0.25, 0.3) is 5.91 Å². The number of benzene rings is 3. The number of allylic oxidation sites excluding steroid dienone is 1. The number of carbonyl (C=O) groups excluding carboxylic acids is 2. The molecule has 0 radical (unpaired) electrons. The standard InChI is InChI=1S/C23H20FN3O3/c1-13-19(22(28)26-17-10-6-5-9-16(17)24)21(27-23(29)25-13)20-15-8-4-3-7-14(15)11-12-18(20)30-2/h3-12,21H,1-2H3,(H,26,28)(H2,25,27,29)/t21-/m1/s1. The number of amides is 3. The van der Waals surface area contributed by atoms with E-state index < -0.39 is 23.8 Å². The van der Waals surface area contributed by atoms with Gasteiger partial charge in [-0.1, -0.05) is 42.5 Å². The summed E-state index contributed by atoms with van der Waals surface area (Å²) in [6, 6.07) is 16.0. The molecule has 152 valence electrons. The van der Waals surface area contributed by atoms with Crippen molar-refractivity contribution < 1.29 is 18.7 Å². The van der Waals surface area contributed by atoms with Crippen LogP contribution < -0.4 is 20.7 Å². The molecule has 30 heavy (non-hydrogen) atoms. The first kappa shape index (κ1) is 19.4. The number of ether oxygens (including phenoxy) is 1. The van der Waals surface area contributed by atoms with Crippen LogP contribution in [0.5, 0.6) is 5.75 Å². The van der Waals surface area contributed by atoms with Crippen LogP contribution in [-0.2, 0) is 4.79 Å². The minimum absolute atomic E-state index is 0.0586. The van der Waals surface area contributed by atoms with Gasteiger partial charge in [0.15, 0.2) is 0 Å². The van der Waals surface area contributed by atoms with E-state index in [0.29, 0.717) is 17.0 Å². The van der Waals surface area contributed by atoms with E-state index >= 15 is 0 Å². The van der Waals surface area contributed by atoms with Crippen molar-refractivity contribution in [2.24, 2.45) is 0 Å². The number of anilines is 1. The molecule has 0 fully saturated rings. The first-order valence-corrected chi connectivity index (χ1v) is 9.39. The number of rotatable bonds is 4. The third kappa shape index (κ3) is 3.45. The highest BCUT2D eigenvalue weighted by Gasteiger charge is 2.34. The fraction of sp³-hybridized carbons (Fsp3) is 0.130. The Labute approximate surface area is 172 Å². The van der Waals surface area contributed by atoms with Gasteiger partial charge in [-0.15, -0.1) is 0 Å². The van der Waals surface area contributed by atoms with E-state index in [2.05, 4.69) is 16.0 Å². The number of halogens is 1. The lowest BCUT2D eigenvalue weighted by atomic mass is 9.90. The Morgan fingerprint density at radius 3 is 2.57 bits per heavy atom. The maximum Gasteiger partial charge on any atom is 0.319 e. The van der Waals surface area contributed by atoms with E-state index in [1.807, 2.05) is 30.3 Å². The number of fused-ring (bicyclic) bond motifs is 1. The van der Waals surface area contributed by atoms with Crippen LogP contribution in [0.4, 0.5) is 14.9 Å². The molecule has 7 heteroatoms. The normalized spacial score (nSPS) is 16.1. The molecular formula is C23H20FN3O3. The zero-order valence-corrected chi connectivity index (χ0v) is 16.5. The molecule has 1 aliphatic rings. The lowest BCUT2D eigenvalue weighted by Gasteiger charge is -2.30. The van der Waals surface area contributed by atoms with Gasteiger partial charge in [0.05, 0.1) is 24.4 Å². The van der Waals surface area contributed by atoms with Crippen LogP contribution in [0.3, 0.4) is 0 Å². The predicted octanol–water partition coefficient (Wildman–Crippen LogP) is 4.25. The molecule has 0 bridgehead atoms. The molecule has 0 saturated carbocycles. The van der Waals surface area contributed by atoms with E-state index in [4.69, 9.17) is 4.74 Å². The van der Waals surface area contributed by atoms with Crippen LogP contribution in [0.25, 0.3) is 10.8 Å². The predicted molar refractivity (Wildman–Crippen MR) is 113 cm³/mol.